The standard InChI is InChI=1S/C35H28BrClF4N6O6S/c1-52-23-6-3-18(4-7-23)16-46(54(2,50)51)33-30-25(37)9-10-27(31(30)45(44-33)17-29(40)41)47-32(43-26-14-20(36)5-8-24(26)34(47)48)28(53-35(42)49)13-19-11-21(38)15-22(39)12-19/h3-12,14-15,28-29H,13,16-17H2,1-2H3,(H2,42,49). The van der Waals surface area contributed by atoms with Crippen LogP contribution in [0.3, 0.4) is 0 Å². The smallest absolute Gasteiger partial charge is 0.405 e. The van der Waals surface area contributed by atoms with Crippen LogP contribution in [-0.4, -0.2) is 53.6 Å². The number of benzene rings is 4. The molecule has 0 saturated carbocycles. The molecule has 282 valence electrons. The number of primary amides is 1. The second-order valence-corrected chi connectivity index (χ2v) is 15.2. The van der Waals surface area contributed by atoms with Gasteiger partial charge in [-0.05, 0) is 65.7 Å². The Morgan fingerprint density at radius 1 is 1.02 bits per heavy atom. The number of alkyl halides is 2. The lowest BCUT2D eigenvalue weighted by Crippen LogP contribution is -2.30. The second-order valence-electron chi connectivity index (χ2n) is 12.0. The summed E-state index contributed by atoms with van der Waals surface area (Å²) in [6, 6.07) is 16.1. The van der Waals surface area contributed by atoms with E-state index < -0.39 is 58.8 Å². The van der Waals surface area contributed by atoms with Gasteiger partial charge in [-0.1, -0.05) is 39.7 Å². The molecule has 0 fully saturated rings. The summed E-state index contributed by atoms with van der Waals surface area (Å²) in [5.74, 6) is -2.04. The first-order chi connectivity index (χ1) is 25.5. The van der Waals surface area contributed by atoms with Crippen molar-refractivity contribution in [3.05, 3.63) is 121 Å². The van der Waals surface area contributed by atoms with E-state index in [1.54, 1.807) is 30.3 Å². The average Bonchev–Trinajstić information content (AvgIpc) is 3.45. The van der Waals surface area contributed by atoms with Gasteiger partial charge in [0.1, 0.15) is 23.9 Å². The molecule has 6 rings (SSSR count). The Balaban J connectivity index is 1.68. The number of sulfonamides is 1. The molecule has 0 spiro atoms. The van der Waals surface area contributed by atoms with Gasteiger partial charge in [-0.2, -0.15) is 5.10 Å². The van der Waals surface area contributed by atoms with Crippen molar-refractivity contribution in [1.29, 1.82) is 0 Å². The molecule has 0 radical (unpaired) electrons. The van der Waals surface area contributed by atoms with E-state index in [0.717, 1.165) is 31.9 Å². The molecule has 2 aromatic heterocycles. The van der Waals surface area contributed by atoms with E-state index in [9.17, 15) is 35.6 Å². The third-order valence-corrected chi connectivity index (χ3v) is 10.1. The largest absolute Gasteiger partial charge is 0.497 e. The van der Waals surface area contributed by atoms with Crippen molar-refractivity contribution in [3.63, 3.8) is 0 Å². The minimum Gasteiger partial charge on any atom is -0.497 e. The molecule has 0 bridgehead atoms. The summed E-state index contributed by atoms with van der Waals surface area (Å²) in [6.07, 6.45) is -5.51. The van der Waals surface area contributed by atoms with E-state index in [-0.39, 0.29) is 56.3 Å². The van der Waals surface area contributed by atoms with Gasteiger partial charge < -0.3 is 15.2 Å². The van der Waals surface area contributed by atoms with Crippen LogP contribution in [0.1, 0.15) is 23.1 Å². The van der Waals surface area contributed by atoms with E-state index in [4.69, 9.17) is 26.8 Å². The van der Waals surface area contributed by atoms with E-state index in [1.165, 1.54) is 31.4 Å². The van der Waals surface area contributed by atoms with Crippen LogP contribution in [0.2, 0.25) is 5.02 Å². The maximum absolute atomic E-state index is 14.6. The minimum atomic E-state index is -4.19. The van der Waals surface area contributed by atoms with Crippen LogP contribution in [0.15, 0.2) is 82.1 Å². The average molecular weight is 852 g/mol. The Morgan fingerprint density at radius 3 is 2.31 bits per heavy atom. The zero-order chi connectivity index (χ0) is 39.1. The highest BCUT2D eigenvalue weighted by Crippen LogP contribution is 2.39. The number of methoxy groups -OCH3 is 1. The van der Waals surface area contributed by atoms with Crippen LogP contribution in [0.25, 0.3) is 27.5 Å². The van der Waals surface area contributed by atoms with Crippen LogP contribution >= 0.6 is 27.5 Å². The first kappa shape index (κ1) is 38.5. The highest BCUT2D eigenvalue weighted by atomic mass is 79.9. The molecule has 1 atom stereocenters. The molecule has 0 saturated heterocycles. The maximum atomic E-state index is 14.6. The van der Waals surface area contributed by atoms with Crippen molar-refractivity contribution in [2.75, 3.05) is 17.7 Å². The number of carbonyl (C=O) groups is 1. The van der Waals surface area contributed by atoms with Gasteiger partial charge in [-0.15, -0.1) is 0 Å². The lowest BCUT2D eigenvalue weighted by molar-refractivity contribution is 0.0999. The normalized spacial score (nSPS) is 12.4. The fourth-order valence-corrected chi connectivity index (χ4v) is 7.41. The Morgan fingerprint density at radius 2 is 1.70 bits per heavy atom. The van der Waals surface area contributed by atoms with E-state index >= 15 is 0 Å². The summed E-state index contributed by atoms with van der Waals surface area (Å²) in [6.45, 7) is -1.38. The van der Waals surface area contributed by atoms with Gasteiger partial charge in [0.05, 0.1) is 52.4 Å². The van der Waals surface area contributed by atoms with Crippen LogP contribution < -0.4 is 20.3 Å². The molecule has 19 heteroatoms. The number of carbonyl (C=O) groups excluding carboxylic acids is 1. The maximum Gasteiger partial charge on any atom is 0.405 e. The van der Waals surface area contributed by atoms with E-state index in [2.05, 4.69) is 26.0 Å². The molecular formula is C35H28BrClF4N6O6S. The van der Waals surface area contributed by atoms with E-state index in [1.807, 2.05) is 0 Å². The number of amides is 1. The number of fused-ring (bicyclic) bond motifs is 2. The van der Waals surface area contributed by atoms with Gasteiger partial charge in [0.2, 0.25) is 10.0 Å². The van der Waals surface area contributed by atoms with Gasteiger partial charge in [-0.25, -0.2) is 40.1 Å². The predicted molar refractivity (Wildman–Crippen MR) is 197 cm³/mol. The van der Waals surface area contributed by atoms with Crippen molar-refractivity contribution < 1.29 is 40.2 Å². The fourth-order valence-electron chi connectivity index (χ4n) is 6.00. The topological polar surface area (TPSA) is 152 Å². The molecule has 12 nitrogen and oxygen atoms in total. The van der Waals surface area contributed by atoms with Gasteiger partial charge in [-0.3, -0.25) is 14.0 Å². The third-order valence-electron chi connectivity index (χ3n) is 8.22. The number of rotatable bonds is 12. The van der Waals surface area contributed by atoms with Crippen molar-refractivity contribution in [2.24, 2.45) is 5.73 Å². The lowest BCUT2D eigenvalue weighted by atomic mass is 10.1. The van der Waals surface area contributed by atoms with Gasteiger partial charge in [0.25, 0.3) is 12.0 Å². The van der Waals surface area contributed by atoms with Crippen molar-refractivity contribution in [1.82, 2.24) is 19.3 Å². The Kier molecular flexibility index (Phi) is 10.9. The van der Waals surface area contributed by atoms with Crippen molar-refractivity contribution in [3.8, 4) is 11.4 Å². The summed E-state index contributed by atoms with van der Waals surface area (Å²) < 4.78 is 97.7. The SMILES string of the molecule is COc1ccc(CN(c2nn(CC(F)F)c3c(-n4c(C(Cc5cc(F)cc(F)c5)OC(N)=O)nc5cc(Br)ccc5c4=O)ccc(Cl)c23)S(C)(=O)=O)cc1. The number of aromatic nitrogens is 4. The summed E-state index contributed by atoms with van der Waals surface area (Å²) in [4.78, 5) is 31.5. The lowest BCUT2D eigenvalue weighted by Gasteiger charge is -2.23. The molecule has 1 unspecified atom stereocenters. The number of nitrogens with two attached hydrogens (primary N) is 1. The second kappa shape index (κ2) is 15.3. The summed E-state index contributed by atoms with van der Waals surface area (Å²) in [5.41, 5.74) is 4.83. The molecule has 2 heterocycles. The fraction of sp³-hybridized carbons (Fsp3) is 0.200. The Hall–Kier alpha value is -5.20. The van der Waals surface area contributed by atoms with Crippen LogP contribution in [0, 0.1) is 11.6 Å². The first-order valence-electron chi connectivity index (χ1n) is 15.8. The monoisotopic (exact) mass is 850 g/mol. The van der Waals surface area contributed by atoms with Crippen molar-refractivity contribution in [2.45, 2.75) is 32.0 Å². The molecule has 2 N–H and O–H groups in total. The molecule has 0 aliphatic rings. The number of anilines is 1. The van der Waals surface area contributed by atoms with Crippen molar-refractivity contribution >= 4 is 71.3 Å². The highest BCUT2D eigenvalue weighted by molar-refractivity contribution is 9.10. The molecule has 0 aliphatic heterocycles. The van der Waals surface area contributed by atoms with Crippen LogP contribution in [0.4, 0.5) is 28.2 Å². The molecular weight excluding hydrogens is 824 g/mol. The van der Waals surface area contributed by atoms with E-state index in [0.29, 0.717) is 21.9 Å². The predicted octanol–water partition coefficient (Wildman–Crippen LogP) is 7.05. The molecule has 0 aliphatic carbocycles. The zero-order valence-corrected chi connectivity index (χ0v) is 31.3. The third kappa shape index (κ3) is 8.00. The highest BCUT2D eigenvalue weighted by Gasteiger charge is 2.31. The van der Waals surface area contributed by atoms with Crippen LogP contribution in [0.5, 0.6) is 5.75 Å². The number of ether oxygens (including phenoxy) is 2. The number of halogens is 6. The van der Waals surface area contributed by atoms with Gasteiger partial charge in [0.15, 0.2) is 17.7 Å². The molecule has 54 heavy (non-hydrogen) atoms. The molecule has 1 amide bonds. The van der Waals surface area contributed by atoms with Crippen LogP contribution in [-0.2, 0) is 34.3 Å². The van der Waals surface area contributed by atoms with Gasteiger partial charge in [0, 0.05) is 17.0 Å². The molecule has 4 aromatic carbocycles. The number of hydrogen-bond donors (Lipinski definition) is 1. The molecule has 6 aromatic rings. The Labute approximate surface area is 317 Å². The summed E-state index contributed by atoms with van der Waals surface area (Å²) in [7, 11) is -2.73. The zero-order valence-electron chi connectivity index (χ0n) is 28.1. The minimum absolute atomic E-state index is 0.0116. The summed E-state index contributed by atoms with van der Waals surface area (Å²) >= 11 is 10.1. The number of nitrogens with zero attached hydrogens (tertiary/aromatic N) is 5. The van der Waals surface area contributed by atoms with Gasteiger partial charge >= 0.3 is 6.09 Å². The number of hydrogen-bond acceptors (Lipinski definition) is 8. The summed E-state index contributed by atoms with van der Waals surface area (Å²) in [5, 5.41) is 4.12. The first-order valence-corrected chi connectivity index (χ1v) is 18.8. The Bertz CT molecular complexity index is 2570. The quantitative estimate of drug-likeness (QED) is 0.129.